The van der Waals surface area contributed by atoms with Gasteiger partial charge in [0.25, 0.3) is 5.79 Å². The topological polar surface area (TPSA) is 373 Å². The van der Waals surface area contributed by atoms with Crippen LogP contribution >= 0.6 is 0 Å². The van der Waals surface area contributed by atoms with Crippen molar-refractivity contribution in [3.8, 4) is 0 Å². The lowest BCUT2D eigenvalue weighted by molar-refractivity contribution is -0.386. The van der Waals surface area contributed by atoms with Crippen LogP contribution in [0, 0.1) is 0 Å². The summed E-state index contributed by atoms with van der Waals surface area (Å²) >= 11 is 0. The number of carboxylic acids is 1. The van der Waals surface area contributed by atoms with Gasteiger partial charge in [-0.2, -0.15) is 0 Å². The van der Waals surface area contributed by atoms with Gasteiger partial charge in [-0.15, -0.1) is 0 Å². The van der Waals surface area contributed by atoms with Crippen LogP contribution in [-0.4, -0.2) is 215 Å². The van der Waals surface area contributed by atoms with Crippen molar-refractivity contribution in [2.24, 2.45) is 0 Å². The minimum Gasteiger partial charge on any atom is -0.477 e. The maximum Gasteiger partial charge on any atom is 0.364 e. The first-order chi connectivity index (χ1) is 39.4. The molecule has 3 fully saturated rings. The molecule has 0 radical (unpaired) electrons. The number of hydrogen-bond acceptors (Lipinski definition) is 20. The third kappa shape index (κ3) is 25.4. The average Bonchev–Trinajstić information content (AvgIpc) is 3.46. The van der Waals surface area contributed by atoms with E-state index in [1.54, 1.807) is 6.08 Å². The molecule has 3 saturated heterocycles. The number of aliphatic carboxylic acids is 1. The molecule has 0 aromatic heterocycles. The molecule has 2 amide bonds. The number of ether oxygens (including phenoxy) is 6. The van der Waals surface area contributed by atoms with Gasteiger partial charge in [-0.3, -0.25) is 9.59 Å². The fourth-order valence-electron chi connectivity index (χ4n) is 10.9. The van der Waals surface area contributed by atoms with E-state index in [2.05, 4.69) is 24.5 Å². The lowest BCUT2D eigenvalue weighted by Crippen LogP contribution is -2.70. The summed E-state index contributed by atoms with van der Waals surface area (Å²) in [5, 5.41) is 135. The number of hydrogen-bond donors (Lipinski definition) is 14. The number of allylic oxidation sites excluding steroid dienone is 1. The SMILES string of the molecule is CCCCCCCCCCCC/C=C/C(O)C(COC1OC(CO)C(OC2OC(CO)C(O)C(OC3(C(=O)O)CC(O)C(NC(C)=O)C(C(O)C(O)CO)O3)C2O)C(O)C1O)NC(=O)CCCCCCCCCCCCCCCCCC. The molecule has 0 bridgehead atoms. The lowest BCUT2D eigenvalue weighted by Gasteiger charge is -2.50. The molecule has 0 spiro atoms. The normalized spacial score (nSPS) is 30.2. The zero-order valence-corrected chi connectivity index (χ0v) is 49.3. The van der Waals surface area contributed by atoms with Crippen molar-refractivity contribution in [3.05, 3.63) is 12.2 Å². The maximum atomic E-state index is 13.4. The second kappa shape index (κ2) is 41.5. The second-order valence-electron chi connectivity index (χ2n) is 22.9. The lowest BCUT2D eigenvalue weighted by atomic mass is 9.88. The number of aliphatic hydroxyl groups excluding tert-OH is 11. The first-order valence-electron chi connectivity index (χ1n) is 31.1. The van der Waals surface area contributed by atoms with Crippen molar-refractivity contribution in [2.45, 2.75) is 317 Å². The molecule has 3 heterocycles. The molecule has 3 rings (SSSR count). The van der Waals surface area contributed by atoms with Crippen LogP contribution in [0.2, 0.25) is 0 Å². The highest BCUT2D eigenvalue weighted by Crippen LogP contribution is 2.38. The molecular formula is C59H108N2O21. The molecule has 0 aromatic rings. The Morgan fingerprint density at radius 2 is 1.13 bits per heavy atom. The van der Waals surface area contributed by atoms with Crippen molar-refractivity contribution in [3.63, 3.8) is 0 Å². The Hall–Kier alpha value is -2.53. The smallest absolute Gasteiger partial charge is 0.364 e. The standard InChI is InChI=1S/C59H108N2O21/c1-4-6-8-10-12-14-16-18-19-20-21-23-25-27-29-31-33-46(69)61-40(41(66)32-30-28-26-24-22-17-15-13-11-9-7-5-2)38-77-56-51(73)50(72)53(45(37-64)79-56)80-57-52(74)55(49(71)44(36-63)78-57)82-59(58(75)76)34-42(67)47(60-39(3)65)54(81-59)48(70)43(68)35-62/h30,32,40-45,47-57,62-64,66-68,70-74H,4-29,31,33-38H2,1-3H3,(H,60,65)(H,61,69)(H,75,76)/b32-30+. The molecule has 82 heavy (non-hydrogen) atoms. The number of carbonyl (C=O) groups is 3. The third-order valence-electron chi connectivity index (χ3n) is 16.0. The Balaban J connectivity index is 1.66. The van der Waals surface area contributed by atoms with E-state index in [1.807, 2.05) is 6.08 Å². The van der Waals surface area contributed by atoms with Crippen LogP contribution < -0.4 is 10.6 Å². The number of nitrogens with one attached hydrogen (secondary N) is 2. The van der Waals surface area contributed by atoms with Gasteiger partial charge in [-0.1, -0.05) is 180 Å². The van der Waals surface area contributed by atoms with Crippen molar-refractivity contribution >= 4 is 17.8 Å². The monoisotopic (exact) mass is 1180 g/mol. The predicted molar refractivity (Wildman–Crippen MR) is 301 cm³/mol. The van der Waals surface area contributed by atoms with Crippen LogP contribution in [0.3, 0.4) is 0 Å². The van der Waals surface area contributed by atoms with Gasteiger partial charge in [-0.05, 0) is 19.3 Å². The fourth-order valence-corrected chi connectivity index (χ4v) is 10.9. The quantitative estimate of drug-likeness (QED) is 0.0307. The average molecular weight is 1180 g/mol. The minimum absolute atomic E-state index is 0.204. The Bertz CT molecular complexity index is 1740. The molecule has 14 N–H and O–H groups in total. The largest absolute Gasteiger partial charge is 0.477 e. The Morgan fingerprint density at radius 3 is 1.62 bits per heavy atom. The number of carbonyl (C=O) groups excluding carboxylic acids is 2. The van der Waals surface area contributed by atoms with Crippen LogP contribution in [0.25, 0.3) is 0 Å². The molecule has 480 valence electrons. The summed E-state index contributed by atoms with van der Waals surface area (Å²) in [6.07, 6.45) is 5.64. The molecule has 0 saturated carbocycles. The van der Waals surface area contributed by atoms with Crippen molar-refractivity contribution in [1.82, 2.24) is 10.6 Å². The molecule has 3 aliphatic rings. The highest BCUT2D eigenvalue weighted by Gasteiger charge is 2.60. The van der Waals surface area contributed by atoms with Crippen molar-refractivity contribution in [1.29, 1.82) is 0 Å². The molecule has 18 atom stereocenters. The van der Waals surface area contributed by atoms with E-state index in [0.717, 1.165) is 51.9 Å². The highest BCUT2D eigenvalue weighted by atomic mass is 16.8. The summed E-state index contributed by atoms with van der Waals surface area (Å²) in [5.74, 6) is -6.14. The highest BCUT2D eigenvalue weighted by molar-refractivity contribution is 5.77. The zero-order valence-electron chi connectivity index (χ0n) is 49.3. The minimum atomic E-state index is -3.08. The van der Waals surface area contributed by atoms with Gasteiger partial charge in [-0.25, -0.2) is 4.79 Å². The number of amides is 2. The first kappa shape index (κ1) is 73.7. The van der Waals surface area contributed by atoms with Crippen molar-refractivity contribution < 1.29 is 104 Å². The van der Waals surface area contributed by atoms with E-state index in [4.69, 9.17) is 28.4 Å². The second-order valence-corrected chi connectivity index (χ2v) is 22.9. The number of unbranched alkanes of at least 4 members (excludes halogenated alkanes) is 25. The van der Waals surface area contributed by atoms with Crippen LogP contribution in [0.15, 0.2) is 12.2 Å². The number of rotatable bonds is 45. The zero-order chi connectivity index (χ0) is 60.5. The summed E-state index contributed by atoms with van der Waals surface area (Å²) in [5.41, 5.74) is 0. The van der Waals surface area contributed by atoms with Gasteiger partial charge in [0.15, 0.2) is 12.6 Å². The predicted octanol–water partition coefficient (Wildman–Crippen LogP) is 3.17. The summed E-state index contributed by atoms with van der Waals surface area (Å²) in [6, 6.07) is -2.61. The molecule has 0 aliphatic carbocycles. The van der Waals surface area contributed by atoms with E-state index in [9.17, 15) is 75.7 Å². The molecule has 18 unspecified atom stereocenters. The van der Waals surface area contributed by atoms with Gasteiger partial charge in [0.2, 0.25) is 11.8 Å². The summed E-state index contributed by atoms with van der Waals surface area (Å²) < 4.78 is 34.7. The Morgan fingerprint density at radius 1 is 0.634 bits per heavy atom. The van der Waals surface area contributed by atoms with Gasteiger partial charge >= 0.3 is 5.97 Å². The van der Waals surface area contributed by atoms with E-state index in [1.165, 1.54) is 116 Å². The molecule has 3 aliphatic heterocycles. The van der Waals surface area contributed by atoms with Gasteiger partial charge in [0.1, 0.15) is 67.1 Å². The molecular weight excluding hydrogens is 1070 g/mol. The van der Waals surface area contributed by atoms with Crippen LogP contribution in [0.5, 0.6) is 0 Å². The van der Waals surface area contributed by atoms with E-state index in [0.29, 0.717) is 12.8 Å². The fraction of sp³-hybridized carbons (Fsp3) is 0.915. The van der Waals surface area contributed by atoms with Gasteiger partial charge in [0, 0.05) is 19.8 Å². The van der Waals surface area contributed by atoms with Crippen LogP contribution in [-0.2, 0) is 42.8 Å². The number of aliphatic hydroxyl groups is 11. The summed E-state index contributed by atoms with van der Waals surface area (Å²) in [7, 11) is 0. The van der Waals surface area contributed by atoms with Crippen LogP contribution in [0.1, 0.15) is 207 Å². The van der Waals surface area contributed by atoms with Gasteiger partial charge in [0.05, 0.1) is 50.7 Å². The van der Waals surface area contributed by atoms with E-state index < -0.39 is 155 Å². The third-order valence-corrected chi connectivity index (χ3v) is 16.0. The Labute approximate surface area is 486 Å². The molecule has 0 aromatic carbocycles. The van der Waals surface area contributed by atoms with Crippen molar-refractivity contribution in [2.75, 3.05) is 26.4 Å². The molecule has 23 nitrogen and oxygen atoms in total. The summed E-state index contributed by atoms with van der Waals surface area (Å²) in [6.45, 7) is 2.10. The summed E-state index contributed by atoms with van der Waals surface area (Å²) in [4.78, 5) is 38.4. The molecule has 23 heteroatoms. The Kier molecular flexibility index (Phi) is 37.4. The van der Waals surface area contributed by atoms with E-state index in [-0.39, 0.29) is 12.3 Å². The maximum absolute atomic E-state index is 13.4. The van der Waals surface area contributed by atoms with E-state index >= 15 is 0 Å². The number of carboxylic acid groups (broad SMARTS) is 1. The first-order valence-corrected chi connectivity index (χ1v) is 31.1. The van der Waals surface area contributed by atoms with Gasteiger partial charge < -0.3 is 100 Å². The van der Waals surface area contributed by atoms with Crippen LogP contribution in [0.4, 0.5) is 0 Å².